The number of terminal acetylenes is 1. The zero-order valence-electron chi connectivity index (χ0n) is 11.3. The lowest BCUT2D eigenvalue weighted by molar-refractivity contribution is 0.138. The number of hydrogen-bond acceptors (Lipinski definition) is 3. The lowest BCUT2D eigenvalue weighted by Gasteiger charge is -2.43. The third-order valence-electron chi connectivity index (χ3n) is 3.91. The smallest absolute Gasteiger partial charge is 0.0691 e. The van der Waals surface area contributed by atoms with E-state index < -0.39 is 0 Å². The molecule has 1 saturated heterocycles. The molecule has 0 aromatic rings. The average molecular weight is 237 g/mol. The molecular formula is C14H27N3. The van der Waals surface area contributed by atoms with Crippen LogP contribution in [0.25, 0.3) is 0 Å². The normalized spacial score (nSPS) is 22.0. The van der Waals surface area contributed by atoms with E-state index in [1.54, 1.807) is 0 Å². The van der Waals surface area contributed by atoms with Crippen molar-refractivity contribution in [2.45, 2.75) is 51.1 Å². The number of hydrogen-bond donors (Lipinski definition) is 2. The molecule has 1 aliphatic heterocycles. The zero-order chi connectivity index (χ0) is 12.7. The molecule has 1 atom stereocenters. The van der Waals surface area contributed by atoms with Gasteiger partial charge in [0.25, 0.3) is 0 Å². The van der Waals surface area contributed by atoms with Gasteiger partial charge in [0.1, 0.15) is 0 Å². The summed E-state index contributed by atoms with van der Waals surface area (Å²) in [4.78, 5) is 2.47. The van der Waals surface area contributed by atoms with E-state index in [4.69, 9.17) is 12.2 Å². The second kappa shape index (κ2) is 7.00. The molecule has 3 nitrogen and oxygen atoms in total. The van der Waals surface area contributed by atoms with Gasteiger partial charge in [-0.25, -0.2) is 0 Å². The van der Waals surface area contributed by atoms with Crippen molar-refractivity contribution in [3.63, 3.8) is 0 Å². The van der Waals surface area contributed by atoms with Crippen LogP contribution in [0.2, 0.25) is 0 Å². The molecule has 98 valence electrons. The molecule has 0 bridgehead atoms. The van der Waals surface area contributed by atoms with Crippen LogP contribution in [0.1, 0.15) is 39.5 Å². The number of rotatable bonds is 6. The number of nitrogens with two attached hydrogens (primary N) is 1. The maximum absolute atomic E-state index is 5.97. The first-order valence-electron chi connectivity index (χ1n) is 6.86. The highest BCUT2D eigenvalue weighted by Crippen LogP contribution is 2.22. The van der Waals surface area contributed by atoms with Crippen LogP contribution in [0.15, 0.2) is 0 Å². The molecule has 1 aliphatic rings. The van der Waals surface area contributed by atoms with Gasteiger partial charge in [0.2, 0.25) is 0 Å². The van der Waals surface area contributed by atoms with Gasteiger partial charge in [-0.2, -0.15) is 0 Å². The Kier molecular flexibility index (Phi) is 5.97. The summed E-state index contributed by atoms with van der Waals surface area (Å²) in [5.74, 6) is 2.85. The summed E-state index contributed by atoms with van der Waals surface area (Å²) in [5, 5.41) is 3.63. The van der Waals surface area contributed by atoms with E-state index in [-0.39, 0.29) is 11.6 Å². The van der Waals surface area contributed by atoms with Gasteiger partial charge in [0, 0.05) is 12.1 Å². The second-order valence-electron chi connectivity index (χ2n) is 5.07. The quantitative estimate of drug-likeness (QED) is 0.682. The van der Waals surface area contributed by atoms with E-state index in [0.29, 0.717) is 6.54 Å². The maximum Gasteiger partial charge on any atom is 0.0691 e. The highest BCUT2D eigenvalue weighted by atomic mass is 15.2. The van der Waals surface area contributed by atoms with Crippen molar-refractivity contribution in [1.29, 1.82) is 0 Å². The van der Waals surface area contributed by atoms with Crippen LogP contribution < -0.4 is 11.1 Å². The fourth-order valence-electron chi connectivity index (χ4n) is 2.56. The summed E-state index contributed by atoms with van der Waals surface area (Å²) in [5.41, 5.74) is 6.04. The van der Waals surface area contributed by atoms with Crippen LogP contribution in [0.4, 0.5) is 0 Å². The zero-order valence-corrected chi connectivity index (χ0v) is 11.3. The first-order chi connectivity index (χ1) is 8.19. The monoisotopic (exact) mass is 237 g/mol. The van der Waals surface area contributed by atoms with Gasteiger partial charge in [-0.15, -0.1) is 6.42 Å². The lowest BCUT2D eigenvalue weighted by Crippen LogP contribution is -2.60. The standard InChI is InChI=1S/C14H27N3/c1-4-7-13(5-2)16-14(12-15)8-10-17(6-3)11-9-14/h2,13,16H,4,6-12,15H2,1,3H3. The summed E-state index contributed by atoms with van der Waals surface area (Å²) < 4.78 is 0. The van der Waals surface area contributed by atoms with E-state index in [2.05, 4.69) is 30.0 Å². The van der Waals surface area contributed by atoms with Crippen LogP contribution in [0, 0.1) is 12.3 Å². The molecule has 0 aliphatic carbocycles. The van der Waals surface area contributed by atoms with Gasteiger partial charge in [-0.3, -0.25) is 5.32 Å². The SMILES string of the molecule is C#CC(CCC)NC1(CN)CCN(CC)CC1. The number of piperidine rings is 1. The Morgan fingerprint density at radius 3 is 2.47 bits per heavy atom. The summed E-state index contributed by atoms with van der Waals surface area (Å²) in [6.07, 6.45) is 9.95. The first-order valence-corrected chi connectivity index (χ1v) is 6.86. The number of nitrogens with zero attached hydrogens (tertiary/aromatic N) is 1. The van der Waals surface area contributed by atoms with Gasteiger partial charge in [0.15, 0.2) is 0 Å². The van der Waals surface area contributed by atoms with Crippen molar-refractivity contribution >= 4 is 0 Å². The van der Waals surface area contributed by atoms with Gasteiger partial charge < -0.3 is 10.6 Å². The largest absolute Gasteiger partial charge is 0.329 e. The molecule has 3 N–H and O–H groups in total. The summed E-state index contributed by atoms with van der Waals surface area (Å²) in [6, 6.07) is 0.178. The van der Waals surface area contributed by atoms with Crippen molar-refractivity contribution in [2.24, 2.45) is 5.73 Å². The van der Waals surface area contributed by atoms with Crippen LogP contribution >= 0.6 is 0 Å². The Labute approximate surface area is 106 Å². The minimum absolute atomic E-state index is 0.0673. The number of nitrogens with one attached hydrogen (secondary N) is 1. The van der Waals surface area contributed by atoms with Crippen molar-refractivity contribution in [3.8, 4) is 12.3 Å². The van der Waals surface area contributed by atoms with Crippen LogP contribution in [0.5, 0.6) is 0 Å². The van der Waals surface area contributed by atoms with Crippen molar-refractivity contribution in [2.75, 3.05) is 26.2 Å². The van der Waals surface area contributed by atoms with Crippen LogP contribution in [-0.2, 0) is 0 Å². The van der Waals surface area contributed by atoms with E-state index in [9.17, 15) is 0 Å². The van der Waals surface area contributed by atoms with Gasteiger partial charge in [0.05, 0.1) is 6.04 Å². The molecule has 0 spiro atoms. The van der Waals surface area contributed by atoms with Crippen LogP contribution in [-0.4, -0.2) is 42.7 Å². The average Bonchev–Trinajstić information content (AvgIpc) is 2.39. The fourth-order valence-corrected chi connectivity index (χ4v) is 2.56. The van der Waals surface area contributed by atoms with Gasteiger partial charge in [-0.05, 0) is 38.9 Å². The Morgan fingerprint density at radius 2 is 2.06 bits per heavy atom. The van der Waals surface area contributed by atoms with Crippen molar-refractivity contribution < 1.29 is 0 Å². The van der Waals surface area contributed by atoms with E-state index in [1.807, 2.05) is 0 Å². The fraction of sp³-hybridized carbons (Fsp3) is 0.857. The van der Waals surface area contributed by atoms with E-state index >= 15 is 0 Å². The molecular weight excluding hydrogens is 210 g/mol. The third kappa shape index (κ3) is 3.99. The molecule has 17 heavy (non-hydrogen) atoms. The molecule has 0 aromatic heterocycles. The molecule has 0 radical (unpaired) electrons. The summed E-state index contributed by atoms with van der Waals surface area (Å²) >= 11 is 0. The number of likely N-dealkylation sites (tertiary alicyclic amines) is 1. The lowest BCUT2D eigenvalue weighted by atomic mass is 9.86. The predicted octanol–water partition coefficient (Wildman–Crippen LogP) is 1.19. The summed E-state index contributed by atoms with van der Waals surface area (Å²) in [7, 11) is 0. The van der Waals surface area contributed by atoms with Crippen molar-refractivity contribution in [3.05, 3.63) is 0 Å². The molecule has 1 rings (SSSR count). The summed E-state index contributed by atoms with van der Waals surface area (Å²) in [6.45, 7) is 8.46. The third-order valence-corrected chi connectivity index (χ3v) is 3.91. The maximum atomic E-state index is 5.97. The van der Waals surface area contributed by atoms with Crippen molar-refractivity contribution in [1.82, 2.24) is 10.2 Å². The molecule has 0 aromatic carbocycles. The van der Waals surface area contributed by atoms with Crippen LogP contribution in [0.3, 0.4) is 0 Å². The predicted molar refractivity (Wildman–Crippen MR) is 73.8 cm³/mol. The minimum Gasteiger partial charge on any atom is -0.329 e. The highest BCUT2D eigenvalue weighted by molar-refractivity contribution is 5.05. The Morgan fingerprint density at radius 1 is 1.41 bits per heavy atom. The van der Waals surface area contributed by atoms with E-state index in [1.165, 1.54) is 0 Å². The molecule has 0 saturated carbocycles. The topological polar surface area (TPSA) is 41.3 Å². The van der Waals surface area contributed by atoms with Gasteiger partial charge >= 0.3 is 0 Å². The minimum atomic E-state index is 0.0673. The second-order valence-corrected chi connectivity index (χ2v) is 5.07. The van der Waals surface area contributed by atoms with E-state index in [0.717, 1.165) is 45.3 Å². The molecule has 1 unspecified atom stereocenters. The highest BCUT2D eigenvalue weighted by Gasteiger charge is 2.33. The first kappa shape index (κ1) is 14.5. The Bertz CT molecular complexity index is 249. The Balaban J connectivity index is 2.55. The molecule has 0 amide bonds. The molecule has 1 heterocycles. The van der Waals surface area contributed by atoms with Gasteiger partial charge in [-0.1, -0.05) is 26.2 Å². The Hall–Kier alpha value is -0.560. The molecule has 1 fully saturated rings. The molecule has 3 heteroatoms.